The number of nitriles is 3. The van der Waals surface area contributed by atoms with Crippen LogP contribution in [0.5, 0.6) is 0 Å². The van der Waals surface area contributed by atoms with E-state index >= 15 is 0 Å². The Morgan fingerprint density at radius 1 is 0.829 bits per heavy atom. The number of halogens is 1. The van der Waals surface area contributed by atoms with Gasteiger partial charge in [-0.2, -0.15) is 15.8 Å². The van der Waals surface area contributed by atoms with Gasteiger partial charge in [-0.25, -0.2) is 4.39 Å². The molecule has 2 aliphatic heterocycles. The second-order valence-corrected chi connectivity index (χ2v) is 8.76. The van der Waals surface area contributed by atoms with Gasteiger partial charge in [-0.05, 0) is 41.0 Å². The zero-order chi connectivity index (χ0) is 24.8. The molecule has 5 rings (SSSR count). The minimum absolute atomic E-state index is 0.392. The highest BCUT2D eigenvalue weighted by atomic mass is 19.1. The summed E-state index contributed by atoms with van der Waals surface area (Å²) in [7, 11) is 0. The van der Waals surface area contributed by atoms with Crippen LogP contribution in [0.25, 0.3) is 11.1 Å². The molecule has 2 aliphatic rings. The molecule has 170 valence electrons. The monoisotopic (exact) mass is 462 g/mol. The Bertz CT molecular complexity index is 1420. The average molecular weight is 462 g/mol. The number of fused-ring (bicyclic) bond motifs is 2. The van der Waals surface area contributed by atoms with Gasteiger partial charge in [0.05, 0.1) is 24.1 Å². The maximum absolute atomic E-state index is 13.7. The second-order valence-electron chi connectivity index (χ2n) is 8.76. The molecule has 2 heterocycles. The normalized spacial score (nSPS) is 28.3. The van der Waals surface area contributed by atoms with E-state index in [1.807, 2.05) is 54.6 Å². The minimum Gasteiger partial charge on any atom is -0.443 e. The summed E-state index contributed by atoms with van der Waals surface area (Å²) in [6, 6.07) is 28.5. The number of nitrogens with one attached hydrogen (secondary N) is 1. The summed E-state index contributed by atoms with van der Waals surface area (Å²) in [5.74, 6) is -3.54. The Kier molecular flexibility index (Phi) is 4.95. The third kappa shape index (κ3) is 2.78. The molecule has 2 fully saturated rings. The molecule has 0 aliphatic carbocycles. The lowest BCUT2D eigenvalue weighted by molar-refractivity contribution is -0.288. The molecule has 0 aromatic heterocycles. The van der Waals surface area contributed by atoms with Crippen LogP contribution >= 0.6 is 0 Å². The lowest BCUT2D eigenvalue weighted by atomic mass is 9.53. The summed E-state index contributed by atoms with van der Waals surface area (Å²) < 4.78 is 26.1. The molecular weight excluding hydrogens is 443 g/mol. The van der Waals surface area contributed by atoms with Gasteiger partial charge in [0.15, 0.2) is 5.41 Å². The first-order valence-electron chi connectivity index (χ1n) is 11.0. The Balaban J connectivity index is 1.71. The first kappa shape index (κ1) is 22.3. The van der Waals surface area contributed by atoms with Crippen LogP contribution in [0.4, 0.5) is 4.39 Å². The quantitative estimate of drug-likeness (QED) is 0.544. The maximum Gasteiger partial charge on any atom is 0.244 e. The molecule has 0 amide bonds. The summed E-state index contributed by atoms with van der Waals surface area (Å²) >= 11 is 0. The highest BCUT2D eigenvalue weighted by molar-refractivity contribution is 5.89. The fourth-order valence-electron chi connectivity index (χ4n) is 5.33. The van der Waals surface area contributed by atoms with Crippen molar-refractivity contribution in [3.8, 4) is 29.3 Å². The lowest BCUT2D eigenvalue weighted by Gasteiger charge is -2.48. The van der Waals surface area contributed by atoms with E-state index in [0.717, 1.165) is 11.1 Å². The van der Waals surface area contributed by atoms with Crippen LogP contribution in [0.1, 0.15) is 24.2 Å². The SMILES string of the molecule is CC1C2(c3ccc(F)cc3)OC(=N)C1(C#N)C(C#N)(C#N)C(c1ccc(-c3ccccc3)cc1)O2. The van der Waals surface area contributed by atoms with E-state index in [2.05, 4.69) is 6.07 Å². The molecule has 35 heavy (non-hydrogen) atoms. The first-order chi connectivity index (χ1) is 16.9. The average Bonchev–Trinajstić information content (AvgIpc) is 3.06. The van der Waals surface area contributed by atoms with Crippen molar-refractivity contribution >= 4 is 5.90 Å². The molecule has 3 aromatic rings. The Hall–Kier alpha value is -4.51. The predicted molar refractivity (Wildman–Crippen MR) is 123 cm³/mol. The van der Waals surface area contributed by atoms with Crippen molar-refractivity contribution in [3.05, 3.63) is 95.8 Å². The number of benzene rings is 3. The van der Waals surface area contributed by atoms with Gasteiger partial charge in [0.2, 0.25) is 17.1 Å². The molecule has 0 saturated carbocycles. The maximum atomic E-state index is 13.7. The molecule has 4 atom stereocenters. The van der Waals surface area contributed by atoms with Crippen LogP contribution in [0.2, 0.25) is 0 Å². The number of nitrogens with zero attached hydrogens (tertiary/aromatic N) is 3. The van der Waals surface area contributed by atoms with Crippen molar-refractivity contribution in [1.29, 1.82) is 21.2 Å². The fraction of sp³-hybridized carbons (Fsp3) is 0.214. The number of rotatable bonds is 3. The van der Waals surface area contributed by atoms with Crippen LogP contribution in [-0.2, 0) is 15.3 Å². The van der Waals surface area contributed by atoms with E-state index in [-0.39, 0.29) is 0 Å². The van der Waals surface area contributed by atoms with Crippen LogP contribution in [0.3, 0.4) is 0 Å². The van der Waals surface area contributed by atoms with E-state index in [1.54, 1.807) is 19.1 Å². The zero-order valence-electron chi connectivity index (χ0n) is 18.7. The zero-order valence-corrected chi connectivity index (χ0v) is 18.7. The number of ether oxygens (including phenoxy) is 2. The molecule has 3 aromatic carbocycles. The highest BCUT2D eigenvalue weighted by Gasteiger charge is 2.79. The second kappa shape index (κ2) is 7.77. The Morgan fingerprint density at radius 2 is 1.43 bits per heavy atom. The van der Waals surface area contributed by atoms with E-state index in [0.29, 0.717) is 11.1 Å². The van der Waals surface area contributed by atoms with Crippen LogP contribution in [0, 0.1) is 62.0 Å². The fourth-order valence-corrected chi connectivity index (χ4v) is 5.33. The molecule has 0 radical (unpaired) electrons. The van der Waals surface area contributed by atoms with Crippen LogP contribution in [-0.4, -0.2) is 5.90 Å². The van der Waals surface area contributed by atoms with Gasteiger partial charge in [-0.1, -0.05) is 61.5 Å². The summed E-state index contributed by atoms with van der Waals surface area (Å²) in [6.45, 7) is 1.62. The van der Waals surface area contributed by atoms with Crippen molar-refractivity contribution < 1.29 is 13.9 Å². The predicted octanol–water partition coefficient (Wildman–Crippen LogP) is 5.60. The summed E-state index contributed by atoms with van der Waals surface area (Å²) in [6.07, 6.45) is -1.22. The van der Waals surface area contributed by atoms with Crippen LogP contribution < -0.4 is 0 Å². The molecular formula is C28H19FN4O2. The van der Waals surface area contributed by atoms with Gasteiger partial charge in [0.1, 0.15) is 11.9 Å². The molecule has 4 unspecified atom stereocenters. The molecule has 2 saturated heterocycles. The van der Waals surface area contributed by atoms with E-state index in [4.69, 9.17) is 14.9 Å². The number of hydrogen-bond acceptors (Lipinski definition) is 6. The lowest BCUT2D eigenvalue weighted by Crippen LogP contribution is -2.57. The van der Waals surface area contributed by atoms with Gasteiger partial charge < -0.3 is 9.47 Å². The Morgan fingerprint density at radius 3 is 2.00 bits per heavy atom. The van der Waals surface area contributed by atoms with Crippen molar-refractivity contribution in [2.24, 2.45) is 16.7 Å². The standard InChI is InChI=1S/C28H19FN4O2/c1-18-27(17-32)25(33)35-28(18,22-11-13-23(29)14-12-22)34-24(26(27,15-30)16-31)21-9-7-20(8-10-21)19-5-3-2-4-6-19/h2-14,18,24,33H,1H3. The largest absolute Gasteiger partial charge is 0.443 e. The summed E-state index contributed by atoms with van der Waals surface area (Å²) in [5.41, 5.74) is -1.18. The minimum atomic E-state index is -2.06. The highest BCUT2D eigenvalue weighted by Crippen LogP contribution is 2.68. The first-order valence-corrected chi connectivity index (χ1v) is 11.0. The van der Waals surface area contributed by atoms with E-state index < -0.39 is 40.4 Å². The van der Waals surface area contributed by atoms with Crippen molar-refractivity contribution in [3.63, 3.8) is 0 Å². The third-order valence-electron chi connectivity index (χ3n) is 7.24. The summed E-state index contributed by atoms with van der Waals surface area (Å²) in [4.78, 5) is 0. The summed E-state index contributed by atoms with van der Waals surface area (Å²) in [5, 5.41) is 39.7. The van der Waals surface area contributed by atoms with Gasteiger partial charge in [0.25, 0.3) is 0 Å². The topological polar surface area (TPSA) is 114 Å². The van der Waals surface area contributed by atoms with Gasteiger partial charge in [0, 0.05) is 5.56 Å². The number of hydrogen-bond donors (Lipinski definition) is 1. The molecule has 7 heteroatoms. The van der Waals surface area contributed by atoms with Crippen LogP contribution in [0.15, 0.2) is 78.9 Å². The Labute approximate surface area is 201 Å². The molecule has 1 N–H and O–H groups in total. The van der Waals surface area contributed by atoms with Crippen molar-refractivity contribution in [2.45, 2.75) is 18.8 Å². The van der Waals surface area contributed by atoms with Crippen molar-refractivity contribution in [2.75, 3.05) is 0 Å². The molecule has 2 bridgehead atoms. The smallest absolute Gasteiger partial charge is 0.244 e. The van der Waals surface area contributed by atoms with Gasteiger partial charge in [-0.3, -0.25) is 5.41 Å². The van der Waals surface area contributed by atoms with Gasteiger partial charge >= 0.3 is 0 Å². The third-order valence-corrected chi connectivity index (χ3v) is 7.24. The molecule has 6 nitrogen and oxygen atoms in total. The van der Waals surface area contributed by atoms with E-state index in [9.17, 15) is 20.2 Å². The van der Waals surface area contributed by atoms with E-state index in [1.165, 1.54) is 24.3 Å². The van der Waals surface area contributed by atoms with Gasteiger partial charge in [-0.15, -0.1) is 0 Å². The molecule has 0 spiro atoms. The van der Waals surface area contributed by atoms with Crippen molar-refractivity contribution in [1.82, 2.24) is 0 Å².